The first-order valence-electron chi connectivity index (χ1n) is 15.1. The molecule has 0 bridgehead atoms. The minimum Gasteiger partial charge on any atom is -0.484 e. The molecule has 0 fully saturated rings. The highest BCUT2D eigenvalue weighted by Crippen LogP contribution is 2.53. The van der Waals surface area contributed by atoms with Gasteiger partial charge in [0.15, 0.2) is 0 Å². The first-order valence-corrected chi connectivity index (χ1v) is 15.1. The molecule has 49 heavy (non-hydrogen) atoms. The number of rotatable bonds is 9. The van der Waals surface area contributed by atoms with Crippen molar-refractivity contribution >= 4 is 42.0 Å². The van der Waals surface area contributed by atoms with Gasteiger partial charge in [0.05, 0.1) is 5.92 Å². The van der Waals surface area contributed by atoms with Crippen LogP contribution in [0.15, 0.2) is 78.9 Å². The SMILES string of the molecule is CC(=O)Oc1ccc(/C=C\c2cc(OC(C)=O)cc3c2[C@H](c2cc(OC(C)=O)cc(OC(C)=O)c2)[C@@H](c2ccc(OC(C)=O)cc2)O3)cc1. The molecule has 0 N–H and O–H groups in total. The standard InChI is InChI=1S/C38H32O11/c1-21(39)44-30-12-7-26(8-13-30)6-9-28-16-34(48-25(5)43)20-35-36(28)37(38(49-35)27-10-14-31(15-11-27)45-22(2)40)29-17-32(46-23(3)41)19-33(18-29)47-24(4)42/h6-20,37-38H,1-5H3/b9-6-/t37-,38+/m0/s1. The predicted octanol–water partition coefficient (Wildman–Crippen LogP) is 6.75. The van der Waals surface area contributed by atoms with E-state index >= 15 is 0 Å². The van der Waals surface area contributed by atoms with Crippen LogP contribution in [0.5, 0.6) is 34.5 Å². The molecular weight excluding hydrogens is 632 g/mol. The third-order valence-electron chi connectivity index (χ3n) is 7.13. The Hall–Kier alpha value is -6.23. The van der Waals surface area contributed by atoms with E-state index in [4.69, 9.17) is 28.4 Å². The number of hydrogen-bond donors (Lipinski definition) is 0. The summed E-state index contributed by atoms with van der Waals surface area (Å²) in [5, 5.41) is 0. The van der Waals surface area contributed by atoms with Gasteiger partial charge in [0.1, 0.15) is 40.6 Å². The molecule has 4 aromatic carbocycles. The van der Waals surface area contributed by atoms with Crippen molar-refractivity contribution in [1.29, 1.82) is 0 Å². The van der Waals surface area contributed by atoms with Gasteiger partial charge in [-0.15, -0.1) is 0 Å². The highest BCUT2D eigenvalue weighted by molar-refractivity contribution is 5.78. The minimum atomic E-state index is -0.693. The molecule has 0 spiro atoms. The van der Waals surface area contributed by atoms with Crippen LogP contribution in [-0.2, 0) is 24.0 Å². The Morgan fingerprint density at radius 3 is 1.45 bits per heavy atom. The quantitative estimate of drug-likeness (QED) is 0.107. The summed E-state index contributed by atoms with van der Waals surface area (Å²) in [4.78, 5) is 58.9. The molecule has 0 aromatic heterocycles. The summed E-state index contributed by atoms with van der Waals surface area (Å²) < 4.78 is 33.3. The first kappa shape index (κ1) is 34.1. The normalized spacial score (nSPS) is 14.7. The molecule has 0 radical (unpaired) electrons. The van der Waals surface area contributed by atoms with Gasteiger partial charge >= 0.3 is 29.8 Å². The summed E-state index contributed by atoms with van der Waals surface area (Å²) in [6.45, 7) is 6.44. The van der Waals surface area contributed by atoms with Crippen LogP contribution in [-0.4, -0.2) is 29.8 Å². The molecule has 0 aliphatic carbocycles. The van der Waals surface area contributed by atoms with Crippen LogP contribution in [0.2, 0.25) is 0 Å². The maximum absolute atomic E-state index is 12.0. The molecule has 2 atom stereocenters. The minimum absolute atomic E-state index is 0.153. The molecule has 0 saturated carbocycles. The van der Waals surface area contributed by atoms with Crippen molar-refractivity contribution in [2.24, 2.45) is 0 Å². The van der Waals surface area contributed by atoms with Gasteiger partial charge in [0.2, 0.25) is 0 Å². The van der Waals surface area contributed by atoms with Crippen LogP contribution in [0.25, 0.3) is 12.2 Å². The Morgan fingerprint density at radius 1 is 0.510 bits per heavy atom. The molecule has 11 nitrogen and oxygen atoms in total. The molecule has 5 rings (SSSR count). The second kappa shape index (κ2) is 14.7. The molecule has 1 aliphatic rings. The third kappa shape index (κ3) is 8.77. The molecule has 0 unspecified atom stereocenters. The van der Waals surface area contributed by atoms with E-state index in [9.17, 15) is 24.0 Å². The Kier molecular flexibility index (Phi) is 10.2. The highest BCUT2D eigenvalue weighted by atomic mass is 16.6. The second-order valence-corrected chi connectivity index (χ2v) is 11.1. The number of benzene rings is 4. The van der Waals surface area contributed by atoms with Gasteiger partial charge in [-0.2, -0.15) is 0 Å². The lowest BCUT2D eigenvalue weighted by Gasteiger charge is -2.22. The van der Waals surface area contributed by atoms with Crippen LogP contribution >= 0.6 is 0 Å². The van der Waals surface area contributed by atoms with Crippen LogP contribution in [0.3, 0.4) is 0 Å². The Bertz CT molecular complexity index is 1920. The van der Waals surface area contributed by atoms with E-state index < -0.39 is 41.9 Å². The van der Waals surface area contributed by atoms with Gasteiger partial charge in [-0.1, -0.05) is 36.4 Å². The van der Waals surface area contributed by atoms with E-state index in [1.54, 1.807) is 72.8 Å². The van der Waals surface area contributed by atoms with E-state index in [2.05, 4.69) is 0 Å². The lowest BCUT2D eigenvalue weighted by Crippen LogP contribution is -2.13. The first-order chi connectivity index (χ1) is 23.3. The number of ether oxygens (including phenoxy) is 6. The van der Waals surface area contributed by atoms with Crippen LogP contribution < -0.4 is 28.4 Å². The van der Waals surface area contributed by atoms with Crippen molar-refractivity contribution in [3.8, 4) is 34.5 Å². The highest BCUT2D eigenvalue weighted by Gasteiger charge is 2.39. The van der Waals surface area contributed by atoms with Gasteiger partial charge < -0.3 is 28.4 Å². The summed E-state index contributed by atoms with van der Waals surface area (Å²) in [6, 6.07) is 21.8. The van der Waals surface area contributed by atoms with Crippen LogP contribution in [0.1, 0.15) is 74.5 Å². The largest absolute Gasteiger partial charge is 0.484 e. The van der Waals surface area contributed by atoms with E-state index in [1.807, 2.05) is 12.2 Å². The molecule has 1 aliphatic heterocycles. The van der Waals surface area contributed by atoms with Crippen molar-refractivity contribution in [2.45, 2.75) is 46.6 Å². The fourth-order valence-electron chi connectivity index (χ4n) is 5.49. The molecular formula is C38H32O11. The molecule has 0 saturated heterocycles. The summed E-state index contributed by atoms with van der Waals surface area (Å²) >= 11 is 0. The molecule has 4 aromatic rings. The van der Waals surface area contributed by atoms with Crippen molar-refractivity contribution in [3.05, 3.63) is 107 Å². The Labute approximate surface area is 282 Å². The average molecular weight is 665 g/mol. The van der Waals surface area contributed by atoms with Gasteiger partial charge in [0, 0.05) is 52.3 Å². The maximum Gasteiger partial charge on any atom is 0.308 e. The maximum atomic E-state index is 12.0. The third-order valence-corrected chi connectivity index (χ3v) is 7.13. The second-order valence-electron chi connectivity index (χ2n) is 11.1. The summed E-state index contributed by atoms with van der Waals surface area (Å²) in [5.41, 5.74) is 3.40. The zero-order valence-corrected chi connectivity index (χ0v) is 27.3. The fourth-order valence-corrected chi connectivity index (χ4v) is 5.49. The van der Waals surface area contributed by atoms with Crippen molar-refractivity contribution < 1.29 is 52.4 Å². The van der Waals surface area contributed by atoms with Gasteiger partial charge in [-0.25, -0.2) is 0 Å². The fraction of sp³-hybridized carbons (Fsp3) is 0.184. The van der Waals surface area contributed by atoms with E-state index in [0.717, 1.165) is 5.56 Å². The molecule has 11 heteroatoms. The van der Waals surface area contributed by atoms with Crippen LogP contribution in [0.4, 0.5) is 0 Å². The predicted molar refractivity (Wildman–Crippen MR) is 176 cm³/mol. The Morgan fingerprint density at radius 2 is 0.959 bits per heavy atom. The number of carbonyl (C=O) groups excluding carboxylic acids is 5. The van der Waals surface area contributed by atoms with Gasteiger partial charge in [0.25, 0.3) is 0 Å². The molecule has 0 amide bonds. The zero-order chi connectivity index (χ0) is 35.2. The van der Waals surface area contributed by atoms with Crippen molar-refractivity contribution in [2.75, 3.05) is 0 Å². The summed E-state index contributed by atoms with van der Waals surface area (Å²) in [7, 11) is 0. The van der Waals surface area contributed by atoms with Crippen molar-refractivity contribution in [1.82, 2.24) is 0 Å². The Balaban J connectivity index is 1.69. The van der Waals surface area contributed by atoms with Gasteiger partial charge in [-0.05, 0) is 64.7 Å². The molecule has 250 valence electrons. The topological polar surface area (TPSA) is 141 Å². The number of carbonyl (C=O) groups is 5. The lowest BCUT2D eigenvalue weighted by molar-refractivity contribution is -0.133. The van der Waals surface area contributed by atoms with Crippen LogP contribution in [0, 0.1) is 0 Å². The number of fused-ring (bicyclic) bond motifs is 1. The van der Waals surface area contributed by atoms with E-state index in [-0.39, 0.29) is 17.2 Å². The monoisotopic (exact) mass is 664 g/mol. The lowest BCUT2D eigenvalue weighted by atomic mass is 9.82. The van der Waals surface area contributed by atoms with E-state index in [1.165, 1.54) is 40.7 Å². The van der Waals surface area contributed by atoms with Gasteiger partial charge in [-0.3, -0.25) is 24.0 Å². The zero-order valence-electron chi connectivity index (χ0n) is 27.3. The number of esters is 5. The molecule has 1 heterocycles. The van der Waals surface area contributed by atoms with E-state index in [0.29, 0.717) is 39.5 Å². The summed E-state index contributed by atoms with van der Waals surface area (Å²) in [6.07, 6.45) is 2.97. The summed E-state index contributed by atoms with van der Waals surface area (Å²) in [5.74, 6) is -1.44. The smallest absolute Gasteiger partial charge is 0.308 e. The number of hydrogen-bond acceptors (Lipinski definition) is 11. The van der Waals surface area contributed by atoms with Crippen molar-refractivity contribution in [3.63, 3.8) is 0 Å². The average Bonchev–Trinajstić information content (AvgIpc) is 3.39.